The maximum absolute atomic E-state index is 12.9. The molecule has 1 atom stereocenters. The van der Waals surface area contributed by atoms with Gasteiger partial charge >= 0.3 is 0 Å². The number of benzene rings is 1. The molecule has 1 aromatic carbocycles. The number of aliphatic hydroxyl groups excluding tert-OH is 1. The zero-order valence-corrected chi connectivity index (χ0v) is 11.7. The first-order valence-electron chi connectivity index (χ1n) is 5.60. The minimum Gasteiger partial charge on any atom is -0.387 e. The van der Waals surface area contributed by atoms with Crippen LogP contribution in [0.3, 0.4) is 0 Å². The number of hydrogen-bond donors (Lipinski definition) is 1. The van der Waals surface area contributed by atoms with E-state index in [9.17, 15) is 9.50 Å². The molecule has 4 heteroatoms. The Morgan fingerprint density at radius 1 is 1.22 bits per heavy atom. The van der Waals surface area contributed by atoms with Gasteiger partial charge < -0.3 is 5.11 Å². The molecule has 0 fully saturated rings. The van der Waals surface area contributed by atoms with Crippen molar-refractivity contribution >= 4 is 22.9 Å². The van der Waals surface area contributed by atoms with E-state index in [0.717, 1.165) is 10.4 Å². The van der Waals surface area contributed by atoms with Crippen LogP contribution >= 0.6 is 22.9 Å². The van der Waals surface area contributed by atoms with Crippen LogP contribution in [0, 0.1) is 5.82 Å². The molecule has 1 nitrogen and oxygen atoms in total. The van der Waals surface area contributed by atoms with Crippen LogP contribution in [0.4, 0.5) is 4.39 Å². The number of aliphatic hydroxyl groups is 1. The monoisotopic (exact) mass is 284 g/mol. The van der Waals surface area contributed by atoms with Gasteiger partial charge in [-0.3, -0.25) is 0 Å². The van der Waals surface area contributed by atoms with Crippen LogP contribution in [0.15, 0.2) is 35.7 Å². The molecule has 0 aliphatic rings. The second-order valence-corrected chi connectivity index (χ2v) is 6.12. The fraction of sp³-hybridized carbons (Fsp3) is 0.286. The van der Waals surface area contributed by atoms with Crippen molar-refractivity contribution in [2.45, 2.75) is 25.4 Å². The standard InChI is InChI=1S/C14H14ClFOS/c1-14(2,9-3-5-10(16)6-4-9)13(17)12-11(15)7-8-18-12/h3-8,13,17H,1-2H3. The average molecular weight is 285 g/mol. The van der Waals surface area contributed by atoms with Crippen LogP contribution in [-0.4, -0.2) is 5.11 Å². The van der Waals surface area contributed by atoms with Crippen LogP contribution in [0.1, 0.15) is 30.4 Å². The quantitative estimate of drug-likeness (QED) is 0.876. The fourth-order valence-electron chi connectivity index (χ4n) is 1.87. The lowest BCUT2D eigenvalue weighted by molar-refractivity contribution is 0.104. The third-order valence-electron chi connectivity index (χ3n) is 3.16. The van der Waals surface area contributed by atoms with Gasteiger partial charge in [0.15, 0.2) is 0 Å². The van der Waals surface area contributed by atoms with Crippen molar-refractivity contribution in [2.75, 3.05) is 0 Å². The predicted molar refractivity (Wildman–Crippen MR) is 73.7 cm³/mol. The van der Waals surface area contributed by atoms with Crippen LogP contribution in [0.2, 0.25) is 5.02 Å². The highest BCUT2D eigenvalue weighted by atomic mass is 35.5. The summed E-state index contributed by atoms with van der Waals surface area (Å²) in [6.45, 7) is 3.84. The summed E-state index contributed by atoms with van der Waals surface area (Å²) >= 11 is 7.47. The highest BCUT2D eigenvalue weighted by Gasteiger charge is 2.33. The lowest BCUT2D eigenvalue weighted by atomic mass is 9.79. The first-order valence-corrected chi connectivity index (χ1v) is 6.85. The first-order chi connectivity index (χ1) is 8.43. The highest BCUT2D eigenvalue weighted by Crippen LogP contribution is 2.41. The van der Waals surface area contributed by atoms with Gasteiger partial charge in [0.05, 0.1) is 16.0 Å². The fourth-order valence-corrected chi connectivity index (χ4v) is 3.20. The van der Waals surface area contributed by atoms with Crippen LogP contribution in [0.5, 0.6) is 0 Å². The van der Waals surface area contributed by atoms with Gasteiger partial charge in [0, 0.05) is 5.41 Å². The summed E-state index contributed by atoms with van der Waals surface area (Å²) in [5.41, 5.74) is 0.350. The van der Waals surface area contributed by atoms with Crippen molar-refractivity contribution in [1.29, 1.82) is 0 Å². The Morgan fingerprint density at radius 2 is 1.83 bits per heavy atom. The number of thiophene rings is 1. The Balaban J connectivity index is 2.36. The lowest BCUT2D eigenvalue weighted by Gasteiger charge is -2.30. The van der Waals surface area contributed by atoms with Gasteiger partial charge in [0.25, 0.3) is 0 Å². The van der Waals surface area contributed by atoms with Crippen LogP contribution < -0.4 is 0 Å². The number of halogens is 2. The van der Waals surface area contributed by atoms with E-state index in [-0.39, 0.29) is 5.82 Å². The Labute approximate surface area is 115 Å². The molecule has 2 rings (SSSR count). The van der Waals surface area contributed by atoms with Gasteiger partial charge in [-0.1, -0.05) is 37.6 Å². The van der Waals surface area contributed by atoms with E-state index in [1.807, 2.05) is 19.2 Å². The van der Waals surface area contributed by atoms with E-state index in [0.29, 0.717) is 5.02 Å². The van der Waals surface area contributed by atoms with Crippen molar-refractivity contribution in [3.63, 3.8) is 0 Å². The first kappa shape index (κ1) is 13.5. The molecule has 1 heterocycles. The second kappa shape index (κ2) is 5.00. The van der Waals surface area contributed by atoms with E-state index in [1.54, 1.807) is 18.2 Å². The summed E-state index contributed by atoms with van der Waals surface area (Å²) in [5, 5.41) is 12.9. The van der Waals surface area contributed by atoms with E-state index >= 15 is 0 Å². The molecule has 0 saturated heterocycles. The maximum Gasteiger partial charge on any atom is 0.123 e. The van der Waals surface area contributed by atoms with Gasteiger partial charge in [-0.25, -0.2) is 4.39 Å². The normalized spacial score (nSPS) is 13.6. The molecule has 0 saturated carbocycles. The minimum absolute atomic E-state index is 0.279. The maximum atomic E-state index is 12.9. The molecule has 0 aliphatic heterocycles. The van der Waals surface area contributed by atoms with Crippen molar-refractivity contribution in [3.8, 4) is 0 Å². The molecular weight excluding hydrogens is 271 g/mol. The summed E-state index contributed by atoms with van der Waals surface area (Å²) in [7, 11) is 0. The van der Waals surface area contributed by atoms with Crippen LogP contribution in [0.25, 0.3) is 0 Å². The van der Waals surface area contributed by atoms with Gasteiger partial charge in [-0.15, -0.1) is 11.3 Å². The molecule has 0 aliphatic carbocycles. The molecule has 0 radical (unpaired) electrons. The third kappa shape index (κ3) is 2.44. The minimum atomic E-state index is -0.713. The summed E-state index contributed by atoms with van der Waals surface area (Å²) in [6, 6.07) is 7.96. The van der Waals surface area contributed by atoms with Crippen molar-refractivity contribution in [3.05, 3.63) is 57.0 Å². The molecule has 1 unspecified atom stereocenters. The molecular formula is C14H14ClFOS. The molecule has 0 amide bonds. The zero-order chi connectivity index (χ0) is 13.3. The summed E-state index contributed by atoms with van der Waals surface area (Å²) < 4.78 is 12.9. The van der Waals surface area contributed by atoms with E-state index < -0.39 is 11.5 Å². The highest BCUT2D eigenvalue weighted by molar-refractivity contribution is 7.10. The smallest absolute Gasteiger partial charge is 0.123 e. The van der Waals surface area contributed by atoms with Crippen molar-refractivity contribution in [1.82, 2.24) is 0 Å². The zero-order valence-electron chi connectivity index (χ0n) is 10.2. The molecule has 1 N–H and O–H groups in total. The van der Waals surface area contributed by atoms with E-state index in [1.165, 1.54) is 23.5 Å². The average Bonchev–Trinajstić information content (AvgIpc) is 2.75. The molecule has 0 spiro atoms. The largest absolute Gasteiger partial charge is 0.387 e. The van der Waals surface area contributed by atoms with E-state index in [4.69, 9.17) is 11.6 Å². The molecule has 18 heavy (non-hydrogen) atoms. The third-order valence-corrected chi connectivity index (χ3v) is 4.58. The predicted octanol–water partition coefficient (Wildman–Crippen LogP) is 4.55. The Bertz CT molecular complexity index is 533. The van der Waals surface area contributed by atoms with Crippen molar-refractivity contribution in [2.24, 2.45) is 0 Å². The molecule has 96 valence electrons. The SMILES string of the molecule is CC(C)(c1ccc(F)cc1)C(O)c1sccc1Cl. The van der Waals surface area contributed by atoms with Gasteiger partial charge in [0.2, 0.25) is 0 Å². The number of rotatable bonds is 3. The topological polar surface area (TPSA) is 20.2 Å². The summed E-state index contributed by atoms with van der Waals surface area (Å²) in [5.74, 6) is -0.279. The lowest BCUT2D eigenvalue weighted by Crippen LogP contribution is -2.26. The van der Waals surface area contributed by atoms with Crippen LogP contribution in [-0.2, 0) is 5.41 Å². The summed E-state index contributed by atoms with van der Waals surface area (Å²) in [6.07, 6.45) is -0.713. The van der Waals surface area contributed by atoms with Gasteiger partial charge in [-0.2, -0.15) is 0 Å². The Morgan fingerprint density at radius 3 is 2.33 bits per heavy atom. The summed E-state index contributed by atoms with van der Waals surface area (Å²) in [4.78, 5) is 0.742. The molecule has 0 bridgehead atoms. The number of hydrogen-bond acceptors (Lipinski definition) is 2. The Kier molecular flexibility index (Phi) is 3.76. The van der Waals surface area contributed by atoms with Gasteiger partial charge in [0.1, 0.15) is 5.82 Å². The Hall–Kier alpha value is -0.900. The van der Waals surface area contributed by atoms with E-state index in [2.05, 4.69) is 0 Å². The van der Waals surface area contributed by atoms with Gasteiger partial charge in [-0.05, 0) is 29.1 Å². The van der Waals surface area contributed by atoms with Crippen molar-refractivity contribution < 1.29 is 9.50 Å². The second-order valence-electron chi connectivity index (χ2n) is 4.76. The molecule has 2 aromatic rings. The molecule has 1 aromatic heterocycles.